The molecule has 0 saturated carbocycles. The lowest BCUT2D eigenvalue weighted by atomic mass is 10.0. The molecule has 164 valence electrons. The minimum atomic E-state index is -0.635. The van der Waals surface area contributed by atoms with Crippen LogP contribution in [0.25, 0.3) is 0 Å². The third-order valence-electron chi connectivity index (χ3n) is 5.03. The zero-order valence-corrected chi connectivity index (χ0v) is 16.8. The number of amides is 2. The second-order valence-electron chi connectivity index (χ2n) is 7.37. The monoisotopic (exact) mass is 421 g/mol. The van der Waals surface area contributed by atoms with Gasteiger partial charge >= 0.3 is 0 Å². The molecule has 3 N–H and O–H groups in total. The Morgan fingerprint density at radius 2 is 2.00 bits per heavy atom. The van der Waals surface area contributed by atoms with Crippen molar-refractivity contribution < 1.29 is 28.6 Å². The molecule has 1 aromatic rings. The van der Waals surface area contributed by atoms with Gasteiger partial charge < -0.3 is 25.2 Å². The maximum atomic E-state index is 13.2. The van der Waals surface area contributed by atoms with E-state index < -0.39 is 18.2 Å². The smallest absolute Gasteiger partial charge is 0.234 e. The first kappa shape index (κ1) is 22.4. The fraction of sp³-hybridized carbons (Fsp3) is 0.524. The topological polar surface area (TPSA) is 100 Å². The first-order valence-electron chi connectivity index (χ1n) is 10.1. The number of aliphatic hydroxyl groups excluding tert-OH is 1. The molecule has 0 radical (unpaired) electrons. The van der Waals surface area contributed by atoms with Crippen LogP contribution in [0.4, 0.5) is 4.39 Å². The molecule has 2 aliphatic heterocycles. The van der Waals surface area contributed by atoms with E-state index in [0.29, 0.717) is 31.9 Å². The van der Waals surface area contributed by atoms with Gasteiger partial charge in [0.15, 0.2) is 0 Å². The Labute approximate surface area is 175 Å². The van der Waals surface area contributed by atoms with Crippen LogP contribution in [0.5, 0.6) is 0 Å². The van der Waals surface area contributed by atoms with E-state index in [1.165, 1.54) is 12.1 Å². The van der Waals surface area contributed by atoms with Gasteiger partial charge in [0.1, 0.15) is 11.9 Å². The minimum absolute atomic E-state index is 0.0662. The number of hydrogen-bond donors (Lipinski definition) is 3. The summed E-state index contributed by atoms with van der Waals surface area (Å²) < 4.78 is 24.2. The van der Waals surface area contributed by atoms with Crippen LogP contribution < -0.4 is 10.6 Å². The van der Waals surface area contributed by atoms with E-state index in [1.807, 2.05) is 4.90 Å². The van der Waals surface area contributed by atoms with Crippen molar-refractivity contribution in [3.05, 3.63) is 47.8 Å². The Morgan fingerprint density at radius 3 is 2.73 bits per heavy atom. The Balaban J connectivity index is 1.45. The van der Waals surface area contributed by atoms with E-state index in [4.69, 9.17) is 9.47 Å². The average molecular weight is 421 g/mol. The average Bonchev–Trinajstić information content (AvgIpc) is 2.74. The van der Waals surface area contributed by atoms with Gasteiger partial charge in [0.2, 0.25) is 11.8 Å². The number of nitrogens with zero attached hydrogens (tertiary/aromatic N) is 1. The predicted molar refractivity (Wildman–Crippen MR) is 107 cm³/mol. The van der Waals surface area contributed by atoms with Gasteiger partial charge in [0.25, 0.3) is 0 Å². The molecule has 0 aromatic heterocycles. The van der Waals surface area contributed by atoms with Crippen molar-refractivity contribution in [2.45, 2.75) is 31.2 Å². The van der Waals surface area contributed by atoms with Crippen LogP contribution in [0.15, 0.2) is 36.4 Å². The van der Waals surface area contributed by atoms with Gasteiger partial charge in [0, 0.05) is 19.6 Å². The Kier molecular flexibility index (Phi) is 8.32. The molecule has 3 atom stereocenters. The molecule has 0 bridgehead atoms. The highest BCUT2D eigenvalue weighted by Crippen LogP contribution is 2.16. The van der Waals surface area contributed by atoms with Crippen LogP contribution >= 0.6 is 0 Å². The number of rotatable bonds is 8. The third-order valence-corrected chi connectivity index (χ3v) is 5.03. The van der Waals surface area contributed by atoms with Gasteiger partial charge in [-0.2, -0.15) is 0 Å². The molecule has 2 aliphatic rings. The molecule has 1 saturated heterocycles. The zero-order chi connectivity index (χ0) is 21.3. The summed E-state index contributed by atoms with van der Waals surface area (Å²) in [4.78, 5) is 26.5. The van der Waals surface area contributed by atoms with E-state index in [1.54, 1.807) is 24.3 Å². The molecular formula is C21H28FN3O5. The molecule has 1 fully saturated rings. The molecule has 30 heavy (non-hydrogen) atoms. The number of halogens is 1. The largest absolute Gasteiger partial charge is 0.394 e. The highest BCUT2D eigenvalue weighted by molar-refractivity contribution is 5.79. The highest BCUT2D eigenvalue weighted by atomic mass is 19.1. The number of morpholine rings is 1. The van der Waals surface area contributed by atoms with Crippen molar-refractivity contribution >= 4 is 11.8 Å². The lowest BCUT2D eigenvalue weighted by molar-refractivity contribution is -0.129. The Bertz CT molecular complexity index is 754. The number of carbonyl (C=O) groups excluding carboxylic acids is 2. The number of benzene rings is 1. The van der Waals surface area contributed by atoms with Gasteiger partial charge in [0.05, 0.1) is 44.9 Å². The van der Waals surface area contributed by atoms with E-state index in [-0.39, 0.29) is 43.7 Å². The summed E-state index contributed by atoms with van der Waals surface area (Å²) in [6.07, 6.45) is 2.39. The van der Waals surface area contributed by atoms with Crippen LogP contribution in [0.3, 0.4) is 0 Å². The zero-order valence-electron chi connectivity index (χ0n) is 16.8. The fourth-order valence-corrected chi connectivity index (χ4v) is 3.43. The molecule has 2 amide bonds. The SMILES string of the molecule is O=C(C[C@H]1C=C[C@@H](NC(=O)CN2CCOCC2)[C@H](CO)O1)NCc1cccc(F)c1. The molecule has 0 aliphatic carbocycles. The summed E-state index contributed by atoms with van der Waals surface area (Å²) in [6, 6.07) is 5.56. The summed E-state index contributed by atoms with van der Waals surface area (Å²) >= 11 is 0. The third kappa shape index (κ3) is 6.88. The first-order chi connectivity index (χ1) is 14.5. The predicted octanol–water partition coefficient (Wildman–Crippen LogP) is -0.0351. The second-order valence-corrected chi connectivity index (χ2v) is 7.37. The van der Waals surface area contributed by atoms with Crippen molar-refractivity contribution in [3.8, 4) is 0 Å². The lowest BCUT2D eigenvalue weighted by Crippen LogP contribution is -2.52. The van der Waals surface area contributed by atoms with Crippen molar-refractivity contribution in [2.24, 2.45) is 0 Å². The number of nitrogens with one attached hydrogen (secondary N) is 2. The van der Waals surface area contributed by atoms with Gasteiger partial charge in [-0.3, -0.25) is 14.5 Å². The molecule has 9 heteroatoms. The maximum absolute atomic E-state index is 13.2. The summed E-state index contributed by atoms with van der Waals surface area (Å²) in [5, 5.41) is 15.2. The van der Waals surface area contributed by atoms with Gasteiger partial charge in [-0.25, -0.2) is 4.39 Å². The standard InChI is InChI=1S/C21H28FN3O5/c22-16-3-1-2-15(10-16)12-23-20(27)11-17-4-5-18(19(14-26)30-17)24-21(28)13-25-6-8-29-9-7-25/h1-5,10,17-19,26H,6-9,11-14H2,(H,23,27)(H,24,28)/t17-,18-,19+/m1/s1. The van der Waals surface area contributed by atoms with Crippen LogP contribution in [0, 0.1) is 5.82 Å². The summed E-state index contributed by atoms with van der Waals surface area (Å²) in [5.74, 6) is -0.756. The second kappa shape index (κ2) is 11.2. The van der Waals surface area contributed by atoms with Crippen molar-refractivity contribution in [1.82, 2.24) is 15.5 Å². The van der Waals surface area contributed by atoms with Crippen LogP contribution in [-0.4, -0.2) is 79.5 Å². The first-order valence-corrected chi connectivity index (χ1v) is 10.1. The van der Waals surface area contributed by atoms with E-state index in [2.05, 4.69) is 10.6 Å². The molecule has 0 spiro atoms. The van der Waals surface area contributed by atoms with Gasteiger partial charge in [-0.15, -0.1) is 0 Å². The van der Waals surface area contributed by atoms with E-state index >= 15 is 0 Å². The summed E-state index contributed by atoms with van der Waals surface area (Å²) in [7, 11) is 0. The van der Waals surface area contributed by atoms with Crippen molar-refractivity contribution in [2.75, 3.05) is 39.5 Å². The van der Waals surface area contributed by atoms with Crippen molar-refractivity contribution in [1.29, 1.82) is 0 Å². The Morgan fingerprint density at radius 1 is 1.20 bits per heavy atom. The molecule has 3 rings (SSSR count). The fourth-order valence-electron chi connectivity index (χ4n) is 3.43. The molecule has 0 unspecified atom stereocenters. The van der Waals surface area contributed by atoms with E-state index in [0.717, 1.165) is 0 Å². The molecule has 1 aromatic carbocycles. The summed E-state index contributed by atoms with van der Waals surface area (Å²) in [6.45, 7) is 2.84. The quantitative estimate of drug-likeness (QED) is 0.510. The highest BCUT2D eigenvalue weighted by Gasteiger charge is 2.29. The van der Waals surface area contributed by atoms with Crippen LogP contribution in [0.1, 0.15) is 12.0 Å². The molecular weight excluding hydrogens is 393 g/mol. The van der Waals surface area contributed by atoms with Crippen LogP contribution in [-0.2, 0) is 25.6 Å². The number of ether oxygens (including phenoxy) is 2. The number of hydrogen-bond acceptors (Lipinski definition) is 6. The lowest BCUT2D eigenvalue weighted by Gasteiger charge is -2.32. The van der Waals surface area contributed by atoms with Crippen molar-refractivity contribution in [3.63, 3.8) is 0 Å². The van der Waals surface area contributed by atoms with E-state index in [9.17, 15) is 19.1 Å². The normalized spacial score (nSPS) is 24.4. The van der Waals surface area contributed by atoms with Gasteiger partial charge in [-0.1, -0.05) is 24.3 Å². The summed E-state index contributed by atoms with van der Waals surface area (Å²) in [5.41, 5.74) is 0.666. The number of aliphatic hydroxyl groups is 1. The minimum Gasteiger partial charge on any atom is -0.394 e. The van der Waals surface area contributed by atoms with Gasteiger partial charge in [-0.05, 0) is 17.7 Å². The molecule has 2 heterocycles. The number of carbonyl (C=O) groups is 2. The maximum Gasteiger partial charge on any atom is 0.234 e. The van der Waals surface area contributed by atoms with Crippen LogP contribution in [0.2, 0.25) is 0 Å². The molecule has 8 nitrogen and oxygen atoms in total. The Hall–Kier alpha value is -2.33.